The van der Waals surface area contributed by atoms with Gasteiger partial charge in [-0.2, -0.15) is 5.10 Å². The molecule has 0 spiro atoms. The van der Waals surface area contributed by atoms with Gasteiger partial charge in [0.05, 0.1) is 11.9 Å². The summed E-state index contributed by atoms with van der Waals surface area (Å²) >= 11 is 0. The van der Waals surface area contributed by atoms with Crippen LogP contribution in [0.3, 0.4) is 0 Å². The van der Waals surface area contributed by atoms with Gasteiger partial charge in [0.25, 0.3) is 5.91 Å². The van der Waals surface area contributed by atoms with Crippen molar-refractivity contribution in [3.8, 4) is 5.75 Å². The number of piperidine rings is 1. The summed E-state index contributed by atoms with van der Waals surface area (Å²) in [7, 11) is 1.91. The maximum atomic E-state index is 12.2. The molecule has 1 aliphatic rings. The number of anilines is 1. The maximum absolute atomic E-state index is 12.2. The Kier molecular flexibility index (Phi) is 5.26. The maximum Gasteiger partial charge on any atom is 0.258 e. The lowest BCUT2D eigenvalue weighted by Gasteiger charge is -2.33. The fourth-order valence-corrected chi connectivity index (χ4v) is 3.12. The summed E-state index contributed by atoms with van der Waals surface area (Å²) < 4.78 is 7.42. The van der Waals surface area contributed by atoms with Crippen molar-refractivity contribution in [1.29, 1.82) is 0 Å². The van der Waals surface area contributed by atoms with E-state index in [4.69, 9.17) is 4.74 Å². The minimum atomic E-state index is -0.0729. The SMILES string of the molecule is Cc1ccc(OCC(=O)NC2CCCN(c3cnn(C)c3)C2)cc1C. The van der Waals surface area contributed by atoms with Gasteiger partial charge >= 0.3 is 0 Å². The van der Waals surface area contributed by atoms with Crippen LogP contribution in [0.4, 0.5) is 5.69 Å². The molecule has 1 saturated heterocycles. The summed E-state index contributed by atoms with van der Waals surface area (Å²) in [6.07, 6.45) is 5.92. The Balaban J connectivity index is 1.49. The van der Waals surface area contributed by atoms with Gasteiger partial charge in [0, 0.05) is 32.4 Å². The molecular formula is C19H26N4O2. The molecular weight excluding hydrogens is 316 g/mol. The highest BCUT2D eigenvalue weighted by atomic mass is 16.5. The molecule has 3 rings (SSSR count). The number of hydrogen-bond donors (Lipinski definition) is 1. The zero-order chi connectivity index (χ0) is 17.8. The lowest BCUT2D eigenvalue weighted by molar-refractivity contribution is -0.123. The zero-order valence-corrected chi connectivity index (χ0v) is 15.2. The van der Waals surface area contributed by atoms with Gasteiger partial charge in [0.2, 0.25) is 0 Å². The Morgan fingerprint density at radius 2 is 2.20 bits per heavy atom. The molecule has 1 atom stereocenters. The summed E-state index contributed by atoms with van der Waals surface area (Å²) in [6, 6.07) is 6.02. The topological polar surface area (TPSA) is 59.4 Å². The number of benzene rings is 1. The van der Waals surface area contributed by atoms with Crippen LogP contribution in [0.15, 0.2) is 30.6 Å². The highest BCUT2D eigenvalue weighted by Crippen LogP contribution is 2.19. The summed E-state index contributed by atoms with van der Waals surface area (Å²) in [6.45, 7) is 5.95. The van der Waals surface area contributed by atoms with Crippen molar-refractivity contribution in [2.24, 2.45) is 7.05 Å². The Morgan fingerprint density at radius 1 is 1.36 bits per heavy atom. The smallest absolute Gasteiger partial charge is 0.258 e. The fourth-order valence-electron chi connectivity index (χ4n) is 3.12. The van der Waals surface area contributed by atoms with Crippen molar-refractivity contribution in [3.05, 3.63) is 41.7 Å². The Bertz CT molecular complexity index is 741. The van der Waals surface area contributed by atoms with Crippen molar-refractivity contribution in [2.45, 2.75) is 32.7 Å². The molecule has 25 heavy (non-hydrogen) atoms. The first-order chi connectivity index (χ1) is 12.0. The summed E-state index contributed by atoms with van der Waals surface area (Å²) in [5.74, 6) is 0.662. The van der Waals surface area contributed by atoms with E-state index in [1.54, 1.807) is 4.68 Å². The van der Waals surface area contributed by atoms with Gasteiger partial charge in [-0.05, 0) is 49.9 Å². The molecule has 0 radical (unpaired) electrons. The van der Waals surface area contributed by atoms with E-state index in [-0.39, 0.29) is 18.6 Å². The van der Waals surface area contributed by atoms with E-state index in [0.29, 0.717) is 0 Å². The van der Waals surface area contributed by atoms with Gasteiger partial charge in [0.1, 0.15) is 5.75 Å². The second-order valence-electron chi connectivity index (χ2n) is 6.76. The monoisotopic (exact) mass is 342 g/mol. The number of carbonyl (C=O) groups is 1. The molecule has 1 aliphatic heterocycles. The highest BCUT2D eigenvalue weighted by molar-refractivity contribution is 5.78. The molecule has 1 unspecified atom stereocenters. The third-order valence-electron chi connectivity index (χ3n) is 4.69. The number of nitrogens with zero attached hydrogens (tertiary/aromatic N) is 3. The van der Waals surface area contributed by atoms with E-state index >= 15 is 0 Å². The first kappa shape index (κ1) is 17.3. The van der Waals surface area contributed by atoms with E-state index in [0.717, 1.165) is 42.9 Å². The molecule has 1 aromatic carbocycles. The molecule has 134 valence electrons. The highest BCUT2D eigenvalue weighted by Gasteiger charge is 2.22. The van der Waals surface area contributed by atoms with Crippen LogP contribution < -0.4 is 15.0 Å². The van der Waals surface area contributed by atoms with E-state index in [1.807, 2.05) is 44.6 Å². The lowest BCUT2D eigenvalue weighted by Crippen LogP contribution is -2.48. The molecule has 0 aliphatic carbocycles. The average Bonchev–Trinajstić information content (AvgIpc) is 3.03. The number of aromatic nitrogens is 2. The Morgan fingerprint density at radius 3 is 2.92 bits per heavy atom. The number of aryl methyl sites for hydroxylation is 3. The van der Waals surface area contributed by atoms with Crippen LogP contribution in [-0.2, 0) is 11.8 Å². The molecule has 6 heteroatoms. The van der Waals surface area contributed by atoms with Gasteiger partial charge in [-0.15, -0.1) is 0 Å². The number of hydrogen-bond acceptors (Lipinski definition) is 4. The predicted octanol–water partition coefficient (Wildman–Crippen LogP) is 2.20. The van der Waals surface area contributed by atoms with E-state index in [9.17, 15) is 4.79 Å². The number of amides is 1. The average molecular weight is 342 g/mol. The van der Waals surface area contributed by atoms with Crippen molar-refractivity contribution >= 4 is 11.6 Å². The van der Waals surface area contributed by atoms with Crippen molar-refractivity contribution < 1.29 is 9.53 Å². The molecule has 1 N–H and O–H groups in total. The summed E-state index contributed by atoms with van der Waals surface area (Å²) in [5.41, 5.74) is 3.49. The van der Waals surface area contributed by atoms with Gasteiger partial charge in [0.15, 0.2) is 6.61 Å². The number of ether oxygens (including phenoxy) is 1. The molecule has 2 aromatic rings. The van der Waals surface area contributed by atoms with Gasteiger partial charge < -0.3 is 15.0 Å². The first-order valence-corrected chi connectivity index (χ1v) is 8.74. The second-order valence-corrected chi connectivity index (χ2v) is 6.76. The first-order valence-electron chi connectivity index (χ1n) is 8.74. The van der Waals surface area contributed by atoms with Crippen LogP contribution in [0.25, 0.3) is 0 Å². The van der Waals surface area contributed by atoms with Crippen molar-refractivity contribution in [2.75, 3.05) is 24.6 Å². The number of carbonyl (C=O) groups excluding carboxylic acids is 1. The summed E-state index contributed by atoms with van der Waals surface area (Å²) in [5, 5.41) is 7.31. The second kappa shape index (κ2) is 7.59. The molecule has 0 bridgehead atoms. The van der Waals surface area contributed by atoms with Gasteiger partial charge in [-0.3, -0.25) is 9.48 Å². The zero-order valence-electron chi connectivity index (χ0n) is 15.2. The van der Waals surface area contributed by atoms with E-state index in [2.05, 4.69) is 22.2 Å². The standard InChI is InChI=1S/C19H26N4O2/c1-14-6-7-18(9-15(14)2)25-13-19(24)21-16-5-4-8-23(11-16)17-10-20-22(3)12-17/h6-7,9-10,12,16H,4-5,8,11,13H2,1-3H3,(H,21,24). The Labute approximate surface area is 148 Å². The van der Waals surface area contributed by atoms with Crippen LogP contribution >= 0.6 is 0 Å². The molecule has 1 fully saturated rings. The van der Waals surface area contributed by atoms with E-state index in [1.165, 1.54) is 5.56 Å². The van der Waals surface area contributed by atoms with Crippen LogP contribution in [0, 0.1) is 13.8 Å². The third-order valence-corrected chi connectivity index (χ3v) is 4.69. The summed E-state index contributed by atoms with van der Waals surface area (Å²) in [4.78, 5) is 14.5. The largest absolute Gasteiger partial charge is 0.484 e. The minimum Gasteiger partial charge on any atom is -0.484 e. The van der Waals surface area contributed by atoms with Crippen molar-refractivity contribution in [3.63, 3.8) is 0 Å². The van der Waals surface area contributed by atoms with E-state index < -0.39 is 0 Å². The quantitative estimate of drug-likeness (QED) is 0.905. The predicted molar refractivity (Wildman–Crippen MR) is 98.0 cm³/mol. The lowest BCUT2D eigenvalue weighted by atomic mass is 10.1. The van der Waals surface area contributed by atoms with Gasteiger partial charge in [-0.1, -0.05) is 6.07 Å². The van der Waals surface area contributed by atoms with Crippen LogP contribution in [-0.4, -0.2) is 41.4 Å². The molecule has 2 heterocycles. The van der Waals surface area contributed by atoms with Crippen molar-refractivity contribution in [1.82, 2.24) is 15.1 Å². The Hall–Kier alpha value is -2.50. The number of nitrogens with one attached hydrogen (secondary N) is 1. The van der Waals surface area contributed by atoms with Crippen LogP contribution in [0.5, 0.6) is 5.75 Å². The number of rotatable bonds is 5. The minimum absolute atomic E-state index is 0.0475. The normalized spacial score (nSPS) is 17.4. The molecule has 0 saturated carbocycles. The fraction of sp³-hybridized carbons (Fsp3) is 0.474. The van der Waals surface area contributed by atoms with Crippen LogP contribution in [0.2, 0.25) is 0 Å². The molecule has 6 nitrogen and oxygen atoms in total. The molecule has 1 aromatic heterocycles. The van der Waals surface area contributed by atoms with Crippen LogP contribution in [0.1, 0.15) is 24.0 Å². The molecule has 1 amide bonds. The van der Waals surface area contributed by atoms with Gasteiger partial charge in [-0.25, -0.2) is 0 Å². The third kappa shape index (κ3) is 4.53.